The van der Waals surface area contributed by atoms with Crippen LogP contribution >= 0.6 is 11.9 Å². The highest BCUT2D eigenvalue weighted by atomic mass is 32.2. The summed E-state index contributed by atoms with van der Waals surface area (Å²) in [6, 6.07) is 15.4. The lowest BCUT2D eigenvalue weighted by atomic mass is 9.94. The maximum atomic E-state index is 13.3. The summed E-state index contributed by atoms with van der Waals surface area (Å²) >= 11 is 1.39. The standard InChI is InChI=1S/C20H18N4O2S.CO2/c25-18-13-8-1-3-10-15(13)24(22-12-6-5-7-12)20(26)17(18)19-21-14-9-2-4-11-16(14)27-23-19;2-1-3/h1-4,8-12,22,25H,5-7H2,(H,21,23);. The van der Waals surface area contributed by atoms with Crippen LogP contribution in [0, 0.1) is 0 Å². The van der Waals surface area contributed by atoms with Crippen LogP contribution in [0.1, 0.15) is 24.8 Å². The predicted molar refractivity (Wildman–Crippen MR) is 114 cm³/mol. The number of nitrogens with one attached hydrogen (secondary N) is 2. The molecule has 5 rings (SSSR count). The van der Waals surface area contributed by atoms with Gasteiger partial charge in [0.25, 0.3) is 5.56 Å². The lowest BCUT2D eigenvalue weighted by Gasteiger charge is -2.29. The van der Waals surface area contributed by atoms with Gasteiger partial charge < -0.3 is 15.3 Å². The molecule has 0 atom stereocenters. The fourth-order valence-corrected chi connectivity index (χ4v) is 4.10. The Bertz CT molecular complexity index is 1230. The van der Waals surface area contributed by atoms with Crippen LogP contribution in [0.25, 0.3) is 10.9 Å². The van der Waals surface area contributed by atoms with Gasteiger partial charge in [0.05, 0.1) is 16.1 Å². The van der Waals surface area contributed by atoms with Gasteiger partial charge in [-0.3, -0.25) is 4.79 Å². The molecule has 0 amide bonds. The van der Waals surface area contributed by atoms with E-state index >= 15 is 0 Å². The van der Waals surface area contributed by atoms with Gasteiger partial charge in [0.1, 0.15) is 11.3 Å². The van der Waals surface area contributed by atoms with Gasteiger partial charge in [0, 0.05) is 11.4 Å². The van der Waals surface area contributed by atoms with Gasteiger partial charge in [0.15, 0.2) is 5.84 Å². The van der Waals surface area contributed by atoms with Gasteiger partial charge in [-0.05, 0) is 55.5 Å². The molecule has 152 valence electrons. The van der Waals surface area contributed by atoms with Crippen molar-refractivity contribution in [2.24, 2.45) is 4.99 Å². The monoisotopic (exact) mass is 422 g/mol. The second-order valence-corrected chi connectivity index (χ2v) is 7.70. The highest BCUT2D eigenvalue weighted by Crippen LogP contribution is 2.34. The van der Waals surface area contributed by atoms with E-state index < -0.39 is 0 Å². The van der Waals surface area contributed by atoms with Crippen LogP contribution in [0.5, 0.6) is 5.75 Å². The van der Waals surface area contributed by atoms with E-state index in [-0.39, 0.29) is 29.1 Å². The number of aromatic nitrogens is 1. The molecule has 3 aromatic rings. The summed E-state index contributed by atoms with van der Waals surface area (Å²) in [6.45, 7) is 0. The molecule has 0 radical (unpaired) electrons. The number of aromatic hydroxyl groups is 1. The van der Waals surface area contributed by atoms with E-state index in [1.54, 1.807) is 4.68 Å². The van der Waals surface area contributed by atoms with E-state index in [4.69, 9.17) is 9.59 Å². The predicted octanol–water partition coefficient (Wildman–Crippen LogP) is 2.91. The van der Waals surface area contributed by atoms with Gasteiger partial charge in [-0.25, -0.2) is 9.67 Å². The third kappa shape index (κ3) is 3.56. The average molecular weight is 422 g/mol. The summed E-state index contributed by atoms with van der Waals surface area (Å²) in [4.78, 5) is 35.1. The molecule has 0 spiro atoms. The maximum absolute atomic E-state index is 13.3. The number of benzene rings is 2. The summed E-state index contributed by atoms with van der Waals surface area (Å²) in [5, 5.41) is 11.5. The van der Waals surface area contributed by atoms with E-state index in [0.29, 0.717) is 16.7 Å². The largest absolute Gasteiger partial charge is 0.506 e. The fourth-order valence-electron chi connectivity index (χ4n) is 3.38. The van der Waals surface area contributed by atoms with Crippen molar-refractivity contribution in [2.45, 2.75) is 30.2 Å². The third-order valence-corrected chi connectivity index (χ3v) is 5.92. The summed E-state index contributed by atoms with van der Waals surface area (Å²) in [5.74, 6) is 0.324. The Labute approximate surface area is 175 Å². The molecule has 3 N–H and O–H groups in total. The lowest BCUT2D eigenvalue weighted by molar-refractivity contribution is -0.191. The van der Waals surface area contributed by atoms with Gasteiger partial charge >= 0.3 is 6.15 Å². The zero-order valence-electron chi connectivity index (χ0n) is 15.8. The number of fused-ring (bicyclic) bond motifs is 2. The number of para-hydroxylation sites is 2. The van der Waals surface area contributed by atoms with Gasteiger partial charge in [-0.2, -0.15) is 9.59 Å². The Balaban J connectivity index is 0.000000687. The molecule has 9 heteroatoms. The summed E-state index contributed by atoms with van der Waals surface area (Å²) < 4.78 is 4.67. The van der Waals surface area contributed by atoms with Crippen molar-refractivity contribution >= 4 is 40.5 Å². The minimum Gasteiger partial charge on any atom is -0.506 e. The van der Waals surface area contributed by atoms with Crippen molar-refractivity contribution in [3.63, 3.8) is 0 Å². The van der Waals surface area contributed by atoms with Crippen molar-refractivity contribution in [2.75, 3.05) is 5.43 Å². The Morgan fingerprint density at radius 3 is 2.57 bits per heavy atom. The van der Waals surface area contributed by atoms with E-state index in [2.05, 4.69) is 15.1 Å². The van der Waals surface area contributed by atoms with Crippen LogP contribution in [0.4, 0.5) is 5.69 Å². The molecule has 8 nitrogen and oxygen atoms in total. The minimum absolute atomic E-state index is 0.0477. The molecule has 2 aromatic carbocycles. The van der Waals surface area contributed by atoms with Crippen LogP contribution in [-0.4, -0.2) is 27.8 Å². The van der Waals surface area contributed by atoms with Crippen molar-refractivity contribution < 1.29 is 14.7 Å². The molecule has 1 aliphatic heterocycles. The molecule has 2 aliphatic rings. The van der Waals surface area contributed by atoms with Gasteiger partial charge in [-0.1, -0.05) is 24.3 Å². The van der Waals surface area contributed by atoms with Crippen molar-refractivity contribution in [3.05, 3.63) is 64.4 Å². The molecule has 0 saturated heterocycles. The number of amidine groups is 1. The SMILES string of the molecule is O=C=O.O=c1c(C2=Nc3ccccc3SN2)c(O)c2ccccc2n1NC1CCC1. The molecule has 1 aromatic heterocycles. The van der Waals surface area contributed by atoms with E-state index in [1.807, 2.05) is 48.5 Å². The number of rotatable bonds is 3. The molecule has 2 heterocycles. The normalized spacial score (nSPS) is 14.9. The van der Waals surface area contributed by atoms with E-state index in [0.717, 1.165) is 29.8 Å². The molecule has 1 aliphatic carbocycles. The topological polar surface area (TPSA) is 113 Å². The first-order valence-electron chi connectivity index (χ1n) is 9.37. The van der Waals surface area contributed by atoms with Crippen LogP contribution in [-0.2, 0) is 9.59 Å². The zero-order valence-corrected chi connectivity index (χ0v) is 16.6. The first kappa shape index (κ1) is 19.8. The quantitative estimate of drug-likeness (QED) is 0.556. The van der Waals surface area contributed by atoms with Crippen molar-refractivity contribution in [3.8, 4) is 5.75 Å². The highest BCUT2D eigenvalue weighted by molar-refractivity contribution is 7.98. The van der Waals surface area contributed by atoms with Crippen molar-refractivity contribution in [1.29, 1.82) is 0 Å². The first-order valence-corrected chi connectivity index (χ1v) is 10.2. The second kappa shape index (κ2) is 8.44. The number of nitrogens with zero attached hydrogens (tertiary/aromatic N) is 2. The fraction of sp³-hybridized carbons (Fsp3) is 0.190. The smallest absolute Gasteiger partial charge is 0.373 e. The van der Waals surface area contributed by atoms with Gasteiger partial charge in [0.2, 0.25) is 0 Å². The van der Waals surface area contributed by atoms with E-state index in [1.165, 1.54) is 11.9 Å². The molecular weight excluding hydrogens is 404 g/mol. The minimum atomic E-state index is -0.302. The molecule has 0 bridgehead atoms. The molecule has 1 fully saturated rings. The summed E-state index contributed by atoms with van der Waals surface area (Å²) in [7, 11) is 0. The number of carbonyl (C=O) groups excluding carboxylic acids is 2. The Kier molecular flexibility index (Phi) is 5.56. The van der Waals surface area contributed by atoms with Crippen molar-refractivity contribution in [1.82, 2.24) is 9.40 Å². The average Bonchev–Trinajstić information content (AvgIpc) is 2.73. The van der Waals surface area contributed by atoms with Crippen LogP contribution in [0.3, 0.4) is 0 Å². The molecule has 30 heavy (non-hydrogen) atoms. The second-order valence-electron chi connectivity index (χ2n) is 6.85. The molecule has 1 saturated carbocycles. The maximum Gasteiger partial charge on any atom is 0.373 e. The molecule has 0 unspecified atom stereocenters. The van der Waals surface area contributed by atoms with Crippen LogP contribution in [0.2, 0.25) is 0 Å². The summed E-state index contributed by atoms with van der Waals surface area (Å²) in [5.41, 5.74) is 4.65. The Morgan fingerprint density at radius 1 is 1.13 bits per heavy atom. The highest BCUT2D eigenvalue weighted by Gasteiger charge is 2.25. The third-order valence-electron chi connectivity index (χ3n) is 5.06. The summed E-state index contributed by atoms with van der Waals surface area (Å²) in [6.07, 6.45) is 3.50. The van der Waals surface area contributed by atoms with Gasteiger partial charge in [-0.15, -0.1) is 0 Å². The Morgan fingerprint density at radius 2 is 1.83 bits per heavy atom. The number of pyridine rings is 1. The van der Waals surface area contributed by atoms with Crippen LogP contribution < -0.4 is 15.7 Å². The zero-order chi connectivity index (χ0) is 21.1. The van der Waals surface area contributed by atoms with Crippen LogP contribution in [0.15, 0.2) is 63.2 Å². The first-order chi connectivity index (χ1) is 14.6. The number of hydrogen-bond acceptors (Lipinski definition) is 8. The Hall–Kier alpha value is -3.55. The number of hydrogen-bond donors (Lipinski definition) is 3. The van der Waals surface area contributed by atoms with E-state index in [9.17, 15) is 9.90 Å². The number of aliphatic imine (C=N–C) groups is 1. The molecular formula is C21H18N4O4S. The lowest BCUT2D eigenvalue weighted by Crippen LogP contribution is -2.42.